The summed E-state index contributed by atoms with van der Waals surface area (Å²) in [6, 6.07) is 6.41. The van der Waals surface area contributed by atoms with Crippen LogP contribution in [0, 0.1) is 0 Å². The molecule has 3 rings (SSSR count). The van der Waals surface area contributed by atoms with E-state index in [1.807, 2.05) is 6.92 Å². The second-order valence-electron chi connectivity index (χ2n) is 5.84. The van der Waals surface area contributed by atoms with E-state index >= 15 is 0 Å². The van der Waals surface area contributed by atoms with Gasteiger partial charge in [-0.05, 0) is 18.9 Å². The number of unbranched alkanes of at least 4 members (excludes halogenated alkanes) is 1. The van der Waals surface area contributed by atoms with Gasteiger partial charge in [0.15, 0.2) is 0 Å². The van der Waals surface area contributed by atoms with Crippen molar-refractivity contribution in [3.63, 3.8) is 0 Å². The van der Waals surface area contributed by atoms with Crippen molar-refractivity contribution < 1.29 is 19.1 Å². The van der Waals surface area contributed by atoms with Crippen molar-refractivity contribution in [1.29, 1.82) is 0 Å². The number of benzene rings is 1. The topological polar surface area (TPSA) is 75.7 Å². The van der Waals surface area contributed by atoms with Crippen LogP contribution >= 0.6 is 0 Å². The highest BCUT2D eigenvalue weighted by Gasteiger charge is 2.46. The summed E-state index contributed by atoms with van der Waals surface area (Å²) in [5.74, 6) is -0.782. The van der Waals surface area contributed by atoms with Crippen LogP contribution in [0.1, 0.15) is 54.8 Å². The molecule has 0 aromatic heterocycles. The van der Waals surface area contributed by atoms with E-state index < -0.39 is 18.2 Å². The minimum absolute atomic E-state index is 0.157. The number of fused-ring (bicyclic) bond motifs is 1. The molecule has 0 aliphatic carbocycles. The molecular weight excluding hydrogens is 296 g/mol. The first kappa shape index (κ1) is 15.5. The highest BCUT2D eigenvalue weighted by molar-refractivity contribution is 5.96. The summed E-state index contributed by atoms with van der Waals surface area (Å²) < 4.78 is 5.38. The van der Waals surface area contributed by atoms with Crippen LogP contribution in [0.2, 0.25) is 0 Å². The number of hydrogen-bond acceptors (Lipinski definition) is 4. The lowest BCUT2D eigenvalue weighted by atomic mass is 10.1. The molecule has 122 valence electrons. The van der Waals surface area contributed by atoms with Gasteiger partial charge in [-0.15, -0.1) is 0 Å². The number of carbonyl (C=O) groups is 3. The Balaban J connectivity index is 1.81. The molecule has 0 radical (unpaired) electrons. The van der Waals surface area contributed by atoms with Gasteiger partial charge in [0.05, 0.1) is 5.56 Å². The molecule has 2 aliphatic heterocycles. The third kappa shape index (κ3) is 2.81. The summed E-state index contributed by atoms with van der Waals surface area (Å²) in [4.78, 5) is 38.0. The van der Waals surface area contributed by atoms with Crippen LogP contribution in [0.3, 0.4) is 0 Å². The van der Waals surface area contributed by atoms with E-state index in [2.05, 4.69) is 5.32 Å². The van der Waals surface area contributed by atoms with Gasteiger partial charge in [-0.25, -0.2) is 4.79 Å². The van der Waals surface area contributed by atoms with Crippen LogP contribution in [-0.4, -0.2) is 35.3 Å². The van der Waals surface area contributed by atoms with Crippen LogP contribution in [0.5, 0.6) is 0 Å². The molecule has 0 unspecified atom stereocenters. The van der Waals surface area contributed by atoms with Crippen molar-refractivity contribution >= 4 is 17.8 Å². The molecule has 1 aromatic carbocycles. The lowest BCUT2D eigenvalue weighted by molar-refractivity contribution is -0.145. The van der Waals surface area contributed by atoms with E-state index in [-0.39, 0.29) is 11.8 Å². The van der Waals surface area contributed by atoms with Gasteiger partial charge >= 0.3 is 5.97 Å². The SMILES string of the molecule is CCCCNC(=O)[C@@H]1CCC(=O)N1[C@@H]1OC(=O)c2ccccc21. The molecule has 2 heterocycles. The van der Waals surface area contributed by atoms with Crippen molar-refractivity contribution in [2.75, 3.05) is 6.54 Å². The standard InChI is InChI=1S/C17H20N2O4/c1-2-3-10-18-15(21)13-8-9-14(20)19(13)16-11-6-4-5-7-12(11)17(22)23-16/h4-7,13,16H,2-3,8-10H2,1H3,(H,18,21)/t13-,16+/m0/s1. The maximum atomic E-state index is 12.4. The van der Waals surface area contributed by atoms with E-state index in [0.29, 0.717) is 30.5 Å². The van der Waals surface area contributed by atoms with Crippen molar-refractivity contribution in [3.8, 4) is 0 Å². The molecule has 0 bridgehead atoms. The first-order chi connectivity index (χ1) is 11.1. The maximum Gasteiger partial charge on any atom is 0.340 e. The van der Waals surface area contributed by atoms with Crippen molar-refractivity contribution in [2.45, 2.75) is 44.9 Å². The summed E-state index contributed by atoms with van der Waals surface area (Å²) in [7, 11) is 0. The van der Waals surface area contributed by atoms with E-state index in [1.54, 1.807) is 24.3 Å². The van der Waals surface area contributed by atoms with Gasteiger partial charge in [0.2, 0.25) is 18.0 Å². The Kier molecular flexibility index (Phi) is 4.32. The molecule has 6 heteroatoms. The molecule has 1 N–H and O–H groups in total. The zero-order chi connectivity index (χ0) is 16.4. The average Bonchev–Trinajstić information content (AvgIpc) is 3.08. The zero-order valence-corrected chi connectivity index (χ0v) is 13.1. The fourth-order valence-corrected chi connectivity index (χ4v) is 3.09. The molecular formula is C17H20N2O4. The predicted octanol–water partition coefficient (Wildman–Crippen LogP) is 1.76. The molecule has 2 aliphatic rings. The van der Waals surface area contributed by atoms with Gasteiger partial charge in [-0.1, -0.05) is 31.5 Å². The number of rotatable bonds is 5. The Labute approximate surface area is 134 Å². The first-order valence-electron chi connectivity index (χ1n) is 8.02. The quantitative estimate of drug-likeness (QED) is 0.663. The summed E-state index contributed by atoms with van der Waals surface area (Å²) in [5.41, 5.74) is 1.11. The van der Waals surface area contributed by atoms with E-state index in [0.717, 1.165) is 12.8 Å². The van der Waals surface area contributed by atoms with Crippen LogP contribution in [0.25, 0.3) is 0 Å². The summed E-state index contributed by atoms with van der Waals surface area (Å²) >= 11 is 0. The normalized spacial score (nSPS) is 22.9. The third-order valence-electron chi connectivity index (χ3n) is 4.31. The monoisotopic (exact) mass is 316 g/mol. The highest BCUT2D eigenvalue weighted by atomic mass is 16.6. The molecule has 1 saturated heterocycles. The second kappa shape index (κ2) is 6.40. The van der Waals surface area contributed by atoms with Crippen LogP contribution < -0.4 is 5.32 Å². The van der Waals surface area contributed by atoms with Crippen LogP contribution in [0.15, 0.2) is 24.3 Å². The largest absolute Gasteiger partial charge is 0.433 e. The number of ether oxygens (including phenoxy) is 1. The number of esters is 1. The van der Waals surface area contributed by atoms with E-state index in [9.17, 15) is 14.4 Å². The lowest BCUT2D eigenvalue weighted by Gasteiger charge is -2.29. The summed E-state index contributed by atoms with van der Waals surface area (Å²) in [6.45, 7) is 2.64. The molecule has 1 aromatic rings. The predicted molar refractivity (Wildman–Crippen MR) is 82.4 cm³/mol. The molecule has 23 heavy (non-hydrogen) atoms. The van der Waals surface area contributed by atoms with Crippen molar-refractivity contribution in [3.05, 3.63) is 35.4 Å². The number of carbonyl (C=O) groups excluding carboxylic acids is 3. The third-order valence-corrected chi connectivity index (χ3v) is 4.31. The molecule has 0 saturated carbocycles. The fourth-order valence-electron chi connectivity index (χ4n) is 3.09. The Hall–Kier alpha value is -2.37. The summed E-state index contributed by atoms with van der Waals surface area (Å²) in [6.07, 6.45) is 1.83. The Morgan fingerprint density at radius 3 is 2.91 bits per heavy atom. The average molecular weight is 316 g/mol. The van der Waals surface area contributed by atoms with Crippen LogP contribution in [-0.2, 0) is 14.3 Å². The zero-order valence-electron chi connectivity index (χ0n) is 13.1. The van der Waals surface area contributed by atoms with Gasteiger partial charge in [-0.2, -0.15) is 0 Å². The minimum Gasteiger partial charge on any atom is -0.433 e. The molecule has 1 fully saturated rings. The lowest BCUT2D eigenvalue weighted by Crippen LogP contribution is -2.46. The van der Waals surface area contributed by atoms with Gasteiger partial charge < -0.3 is 10.1 Å². The minimum atomic E-state index is -0.796. The van der Waals surface area contributed by atoms with Crippen molar-refractivity contribution in [2.24, 2.45) is 0 Å². The Morgan fingerprint density at radius 2 is 2.13 bits per heavy atom. The molecule has 6 nitrogen and oxygen atoms in total. The van der Waals surface area contributed by atoms with E-state index in [1.165, 1.54) is 4.90 Å². The second-order valence-corrected chi connectivity index (χ2v) is 5.84. The number of cyclic esters (lactones) is 1. The highest BCUT2D eigenvalue weighted by Crippen LogP contribution is 2.38. The van der Waals surface area contributed by atoms with E-state index in [4.69, 9.17) is 4.74 Å². The summed E-state index contributed by atoms with van der Waals surface area (Å²) in [5, 5.41) is 2.86. The molecule has 2 amide bonds. The first-order valence-corrected chi connectivity index (χ1v) is 8.02. The number of amides is 2. The smallest absolute Gasteiger partial charge is 0.340 e. The number of nitrogens with zero attached hydrogens (tertiary/aromatic N) is 1. The van der Waals surface area contributed by atoms with Gasteiger partial charge in [0.1, 0.15) is 6.04 Å². The van der Waals surface area contributed by atoms with Gasteiger partial charge in [-0.3, -0.25) is 14.5 Å². The number of hydrogen-bond donors (Lipinski definition) is 1. The number of nitrogens with one attached hydrogen (secondary N) is 1. The molecule has 0 spiro atoms. The Bertz CT molecular complexity index is 643. The van der Waals surface area contributed by atoms with Crippen LogP contribution in [0.4, 0.5) is 0 Å². The fraction of sp³-hybridized carbons (Fsp3) is 0.471. The van der Waals surface area contributed by atoms with Gasteiger partial charge in [0.25, 0.3) is 0 Å². The van der Waals surface area contributed by atoms with Crippen molar-refractivity contribution in [1.82, 2.24) is 10.2 Å². The maximum absolute atomic E-state index is 12.4. The Morgan fingerprint density at radius 1 is 1.35 bits per heavy atom. The van der Waals surface area contributed by atoms with Gasteiger partial charge in [0, 0.05) is 18.5 Å². The number of likely N-dealkylation sites (tertiary alicyclic amines) is 1. The molecule has 2 atom stereocenters.